The van der Waals surface area contributed by atoms with Crippen LogP contribution in [0.2, 0.25) is 0 Å². The van der Waals surface area contributed by atoms with Crippen molar-refractivity contribution >= 4 is 6.21 Å². The molecular formula is C21H39N3. The Balaban J connectivity index is 1.58. The van der Waals surface area contributed by atoms with Crippen molar-refractivity contribution in [3.8, 4) is 0 Å². The summed E-state index contributed by atoms with van der Waals surface area (Å²) in [6.45, 7) is 0. The largest absolute Gasteiger partial charge is 0.306 e. The summed E-state index contributed by atoms with van der Waals surface area (Å²) in [5, 5.41) is 7.75. The molecule has 0 aliphatic heterocycles. The molecule has 138 valence electrons. The van der Waals surface area contributed by atoms with Crippen LogP contribution in [0.15, 0.2) is 5.10 Å². The normalized spacial score (nSPS) is 31.0. The summed E-state index contributed by atoms with van der Waals surface area (Å²) in [6, 6.07) is 2.26. The molecule has 0 radical (unpaired) electrons. The summed E-state index contributed by atoms with van der Waals surface area (Å²) in [5.74, 6) is 0.718. The van der Waals surface area contributed by atoms with E-state index in [0.29, 0.717) is 0 Å². The minimum Gasteiger partial charge on any atom is -0.306 e. The zero-order chi connectivity index (χ0) is 16.8. The molecule has 3 nitrogen and oxygen atoms in total. The van der Waals surface area contributed by atoms with Crippen LogP contribution in [0.25, 0.3) is 0 Å². The lowest BCUT2D eigenvalue weighted by Crippen LogP contribution is -2.42. The van der Waals surface area contributed by atoms with E-state index in [1.807, 2.05) is 0 Å². The minimum absolute atomic E-state index is 0.718. The fourth-order valence-electron chi connectivity index (χ4n) is 5.12. The highest BCUT2D eigenvalue weighted by Gasteiger charge is 2.28. The molecule has 3 saturated carbocycles. The average Bonchev–Trinajstić information content (AvgIpc) is 2.64. The average molecular weight is 334 g/mol. The van der Waals surface area contributed by atoms with Crippen LogP contribution < -0.4 is 0 Å². The van der Waals surface area contributed by atoms with Gasteiger partial charge in [0.05, 0.1) is 0 Å². The van der Waals surface area contributed by atoms with Gasteiger partial charge in [0.25, 0.3) is 0 Å². The lowest BCUT2D eigenvalue weighted by Gasteiger charge is -2.40. The molecule has 0 bridgehead atoms. The second-order valence-corrected chi connectivity index (χ2v) is 8.76. The number of rotatable bonds is 5. The van der Waals surface area contributed by atoms with Crippen LogP contribution in [0.1, 0.15) is 89.9 Å². The molecule has 0 saturated heterocycles. The molecule has 3 fully saturated rings. The fourth-order valence-corrected chi connectivity index (χ4v) is 5.12. The minimum atomic E-state index is 0.718. The molecule has 24 heavy (non-hydrogen) atoms. The predicted octanol–water partition coefficient (Wildman–Crippen LogP) is 5.06. The van der Waals surface area contributed by atoms with Crippen molar-refractivity contribution < 1.29 is 0 Å². The first-order valence-electron chi connectivity index (χ1n) is 10.7. The summed E-state index contributed by atoms with van der Waals surface area (Å²) in [7, 11) is 4.46. The predicted molar refractivity (Wildman–Crippen MR) is 104 cm³/mol. The van der Waals surface area contributed by atoms with Gasteiger partial charge in [-0.2, -0.15) is 5.10 Å². The topological polar surface area (TPSA) is 18.8 Å². The van der Waals surface area contributed by atoms with E-state index in [1.54, 1.807) is 0 Å². The summed E-state index contributed by atoms with van der Waals surface area (Å²) < 4.78 is 0. The molecule has 3 heteroatoms. The third-order valence-electron chi connectivity index (χ3n) is 6.78. The molecule has 0 amide bonds. The number of hydrogen-bond acceptors (Lipinski definition) is 3. The van der Waals surface area contributed by atoms with Gasteiger partial charge in [-0.1, -0.05) is 38.5 Å². The molecule has 0 atom stereocenters. The van der Waals surface area contributed by atoms with Crippen LogP contribution in [0, 0.1) is 5.92 Å². The van der Waals surface area contributed by atoms with Crippen molar-refractivity contribution in [3.63, 3.8) is 0 Å². The smallest absolute Gasteiger partial charge is 0.0473 e. The SMILES string of the molecule is CN(C)C1CCC(C=NN(C2CCCCC2)C2CCCCC2)CC1. The quantitative estimate of drug-likeness (QED) is 0.517. The van der Waals surface area contributed by atoms with Crippen molar-refractivity contribution in [1.82, 2.24) is 9.91 Å². The van der Waals surface area contributed by atoms with Gasteiger partial charge in [0.2, 0.25) is 0 Å². The first kappa shape index (κ1) is 18.2. The van der Waals surface area contributed by atoms with E-state index in [4.69, 9.17) is 5.10 Å². The molecule has 0 spiro atoms. The van der Waals surface area contributed by atoms with Gasteiger partial charge in [-0.15, -0.1) is 0 Å². The number of hydrogen-bond donors (Lipinski definition) is 0. The standard InChI is InChI=1S/C21H39N3/c1-23(2)19-15-13-18(14-16-19)17-22-24(20-9-5-3-6-10-20)21-11-7-4-8-12-21/h17-21H,3-16H2,1-2H3. The van der Waals surface area contributed by atoms with Crippen LogP contribution in [-0.4, -0.2) is 48.3 Å². The van der Waals surface area contributed by atoms with Crippen molar-refractivity contribution in [2.75, 3.05) is 14.1 Å². The Morgan fingerprint density at radius 3 is 1.58 bits per heavy atom. The van der Waals surface area contributed by atoms with Crippen molar-refractivity contribution in [2.45, 2.75) is 108 Å². The van der Waals surface area contributed by atoms with Crippen LogP contribution in [0.5, 0.6) is 0 Å². The fraction of sp³-hybridized carbons (Fsp3) is 0.952. The lowest BCUT2D eigenvalue weighted by atomic mass is 9.86. The van der Waals surface area contributed by atoms with Gasteiger partial charge in [-0.25, -0.2) is 0 Å². The van der Waals surface area contributed by atoms with E-state index in [9.17, 15) is 0 Å². The van der Waals surface area contributed by atoms with Gasteiger partial charge in [0.1, 0.15) is 0 Å². The Hall–Kier alpha value is -0.570. The molecule has 0 N–H and O–H groups in total. The van der Waals surface area contributed by atoms with Crippen molar-refractivity contribution in [2.24, 2.45) is 11.0 Å². The molecule has 3 rings (SSSR count). The van der Waals surface area contributed by atoms with E-state index >= 15 is 0 Å². The Labute approximate surface area is 149 Å². The first-order chi connectivity index (χ1) is 11.7. The molecular weight excluding hydrogens is 294 g/mol. The van der Waals surface area contributed by atoms with Crippen LogP contribution >= 0.6 is 0 Å². The summed E-state index contributed by atoms with van der Waals surface area (Å²) in [5.41, 5.74) is 0. The van der Waals surface area contributed by atoms with Gasteiger partial charge < -0.3 is 4.90 Å². The van der Waals surface area contributed by atoms with Gasteiger partial charge >= 0.3 is 0 Å². The number of hydrazone groups is 1. The summed E-state index contributed by atoms with van der Waals surface area (Å²) in [6.07, 6.45) is 21.7. The molecule has 3 aliphatic carbocycles. The molecule has 3 aliphatic rings. The molecule has 0 aromatic carbocycles. The molecule has 0 aromatic rings. The second-order valence-electron chi connectivity index (χ2n) is 8.76. The van der Waals surface area contributed by atoms with E-state index in [-0.39, 0.29) is 0 Å². The monoisotopic (exact) mass is 333 g/mol. The summed E-state index contributed by atoms with van der Waals surface area (Å²) >= 11 is 0. The van der Waals surface area contributed by atoms with Gasteiger partial charge in [-0.05, 0) is 71.4 Å². The van der Waals surface area contributed by atoms with Crippen LogP contribution in [0.3, 0.4) is 0 Å². The third-order valence-corrected chi connectivity index (χ3v) is 6.78. The Morgan fingerprint density at radius 2 is 1.12 bits per heavy atom. The highest BCUT2D eigenvalue weighted by molar-refractivity contribution is 5.60. The van der Waals surface area contributed by atoms with E-state index in [0.717, 1.165) is 24.0 Å². The van der Waals surface area contributed by atoms with E-state index in [2.05, 4.69) is 30.2 Å². The van der Waals surface area contributed by atoms with Crippen LogP contribution in [0.4, 0.5) is 0 Å². The van der Waals surface area contributed by atoms with Gasteiger partial charge in [-0.3, -0.25) is 5.01 Å². The molecule has 0 unspecified atom stereocenters. The summed E-state index contributed by atoms with van der Waals surface area (Å²) in [4.78, 5) is 2.41. The molecule has 0 heterocycles. The van der Waals surface area contributed by atoms with Crippen LogP contribution in [-0.2, 0) is 0 Å². The zero-order valence-electron chi connectivity index (χ0n) is 16.1. The highest BCUT2D eigenvalue weighted by Crippen LogP contribution is 2.31. The first-order valence-corrected chi connectivity index (χ1v) is 10.7. The Kier molecular flexibility index (Phi) is 7.00. The maximum atomic E-state index is 5.16. The second kappa shape index (κ2) is 9.22. The Bertz CT molecular complexity index is 355. The van der Waals surface area contributed by atoms with Gasteiger partial charge in [0.15, 0.2) is 0 Å². The van der Waals surface area contributed by atoms with E-state index < -0.39 is 0 Å². The van der Waals surface area contributed by atoms with Crippen molar-refractivity contribution in [3.05, 3.63) is 0 Å². The lowest BCUT2D eigenvalue weighted by molar-refractivity contribution is 0.0844. The number of nitrogens with zero attached hydrogens (tertiary/aromatic N) is 3. The maximum Gasteiger partial charge on any atom is 0.0473 e. The Morgan fingerprint density at radius 1 is 0.625 bits per heavy atom. The van der Waals surface area contributed by atoms with Gasteiger partial charge in [0, 0.05) is 24.3 Å². The highest BCUT2D eigenvalue weighted by atomic mass is 15.5. The van der Waals surface area contributed by atoms with Crippen molar-refractivity contribution in [1.29, 1.82) is 0 Å². The zero-order valence-corrected chi connectivity index (χ0v) is 16.1. The molecule has 0 aromatic heterocycles. The maximum absolute atomic E-state index is 5.16. The van der Waals surface area contributed by atoms with E-state index in [1.165, 1.54) is 89.9 Å². The third kappa shape index (κ3) is 4.97.